The molecule has 2 aromatic rings. The van der Waals surface area contributed by atoms with Gasteiger partial charge in [0.15, 0.2) is 0 Å². The molecule has 1 aromatic heterocycles. The van der Waals surface area contributed by atoms with Crippen LogP contribution < -0.4 is 20.3 Å². The number of sulfonamides is 1. The summed E-state index contributed by atoms with van der Waals surface area (Å²) < 4.78 is 31.8. The van der Waals surface area contributed by atoms with Crippen molar-refractivity contribution in [2.45, 2.75) is 44.0 Å². The van der Waals surface area contributed by atoms with Crippen molar-refractivity contribution in [3.63, 3.8) is 0 Å². The fourth-order valence-electron chi connectivity index (χ4n) is 3.44. The lowest BCUT2D eigenvalue weighted by Crippen LogP contribution is -2.45. The molecule has 168 valence electrons. The van der Waals surface area contributed by atoms with Gasteiger partial charge >= 0.3 is 6.03 Å². The molecule has 2 atom stereocenters. The lowest BCUT2D eigenvalue weighted by Gasteiger charge is -2.36. The minimum atomic E-state index is -3.52. The fraction of sp³-hybridized carbons (Fsp3) is 0.429. The number of aromatic nitrogens is 1. The maximum absolute atomic E-state index is 12.1. The van der Waals surface area contributed by atoms with Gasteiger partial charge in [-0.1, -0.05) is 18.2 Å². The highest BCUT2D eigenvalue weighted by Gasteiger charge is 2.23. The van der Waals surface area contributed by atoms with Crippen molar-refractivity contribution in [1.29, 1.82) is 0 Å². The Bertz CT molecular complexity index is 987. The number of amides is 2. The second kappa shape index (κ2) is 10.1. The van der Waals surface area contributed by atoms with Gasteiger partial charge in [-0.25, -0.2) is 22.9 Å². The van der Waals surface area contributed by atoms with E-state index in [0.717, 1.165) is 24.5 Å². The van der Waals surface area contributed by atoms with Crippen molar-refractivity contribution in [2.24, 2.45) is 0 Å². The number of morpholine rings is 1. The number of nitrogens with one attached hydrogen (secondary N) is 3. The molecule has 3 N–H and O–H groups in total. The number of hydrogen-bond donors (Lipinski definition) is 3. The van der Waals surface area contributed by atoms with Gasteiger partial charge in [0.2, 0.25) is 10.0 Å². The highest BCUT2D eigenvalue weighted by molar-refractivity contribution is 7.89. The minimum Gasteiger partial charge on any atom is -0.372 e. The van der Waals surface area contributed by atoms with Crippen LogP contribution >= 0.6 is 0 Å². The summed E-state index contributed by atoms with van der Waals surface area (Å²) in [6, 6.07) is 9.98. The van der Waals surface area contributed by atoms with Crippen molar-refractivity contribution < 1.29 is 17.9 Å². The van der Waals surface area contributed by atoms with Gasteiger partial charge in [-0.2, -0.15) is 0 Å². The maximum atomic E-state index is 12.1. The number of hydrogen-bond acceptors (Lipinski definition) is 6. The molecule has 3 rings (SSSR count). The van der Waals surface area contributed by atoms with E-state index in [0.29, 0.717) is 12.1 Å². The third-order valence-electron chi connectivity index (χ3n) is 4.94. The molecule has 0 saturated carbocycles. The SMILES string of the molecule is CNS(=O)(=O)c1cccc(CNC(=O)NCc2ccc(N3CC(C)OC(C)C3)nc2)c1. The summed E-state index contributed by atoms with van der Waals surface area (Å²) in [6.07, 6.45) is 2.08. The van der Waals surface area contributed by atoms with Gasteiger partial charge in [0.05, 0.1) is 17.1 Å². The van der Waals surface area contributed by atoms with Crippen molar-refractivity contribution in [2.75, 3.05) is 25.0 Å². The first-order valence-corrected chi connectivity index (χ1v) is 11.6. The lowest BCUT2D eigenvalue weighted by atomic mass is 10.2. The first kappa shape index (κ1) is 23.0. The predicted octanol–water partition coefficient (Wildman–Crippen LogP) is 1.60. The number of carbonyl (C=O) groups is 1. The number of nitrogens with zero attached hydrogens (tertiary/aromatic N) is 2. The van der Waals surface area contributed by atoms with Gasteiger partial charge in [0.1, 0.15) is 5.82 Å². The molecular formula is C21H29N5O4S. The summed E-state index contributed by atoms with van der Waals surface area (Å²) in [4.78, 5) is 19.0. The molecule has 0 spiro atoms. The Morgan fingerprint density at radius 3 is 2.39 bits per heavy atom. The van der Waals surface area contributed by atoms with Crippen LogP contribution in [0.5, 0.6) is 0 Å². The third kappa shape index (κ3) is 6.39. The van der Waals surface area contributed by atoms with E-state index in [4.69, 9.17) is 4.74 Å². The van der Waals surface area contributed by atoms with E-state index >= 15 is 0 Å². The smallest absolute Gasteiger partial charge is 0.315 e. The highest BCUT2D eigenvalue weighted by Crippen LogP contribution is 2.18. The van der Waals surface area contributed by atoms with E-state index in [1.807, 2.05) is 12.1 Å². The van der Waals surface area contributed by atoms with E-state index in [9.17, 15) is 13.2 Å². The number of anilines is 1. The number of carbonyl (C=O) groups excluding carboxylic acids is 1. The monoisotopic (exact) mass is 447 g/mol. The van der Waals surface area contributed by atoms with Crippen LogP contribution in [0.15, 0.2) is 47.5 Å². The van der Waals surface area contributed by atoms with Crippen molar-refractivity contribution in [3.8, 4) is 0 Å². The maximum Gasteiger partial charge on any atom is 0.315 e. The molecule has 0 aliphatic carbocycles. The molecule has 9 nitrogen and oxygen atoms in total. The van der Waals surface area contributed by atoms with Gasteiger partial charge in [0.25, 0.3) is 0 Å². The highest BCUT2D eigenvalue weighted by atomic mass is 32.2. The molecule has 31 heavy (non-hydrogen) atoms. The molecule has 0 bridgehead atoms. The van der Waals surface area contributed by atoms with Crippen LogP contribution in [0.4, 0.5) is 10.6 Å². The summed E-state index contributed by atoms with van der Waals surface area (Å²) in [5.74, 6) is 0.895. The van der Waals surface area contributed by atoms with Crippen LogP contribution in [0.25, 0.3) is 0 Å². The van der Waals surface area contributed by atoms with Crippen molar-refractivity contribution >= 4 is 21.9 Å². The van der Waals surface area contributed by atoms with Crippen LogP contribution in [-0.4, -0.2) is 51.8 Å². The summed E-state index contributed by atoms with van der Waals surface area (Å²) in [5.41, 5.74) is 1.57. The van der Waals surface area contributed by atoms with Crippen LogP contribution in [0.3, 0.4) is 0 Å². The van der Waals surface area contributed by atoms with Gasteiger partial charge in [-0.15, -0.1) is 0 Å². The standard InChI is InChI=1S/C21H29N5O4S/c1-15-13-26(14-16(2)30-15)20-8-7-18(11-23-20)12-25-21(27)24-10-17-5-4-6-19(9-17)31(28,29)22-3/h4-9,11,15-16,22H,10,12-14H2,1-3H3,(H2,24,25,27). The van der Waals surface area contributed by atoms with Crippen LogP contribution in [0.1, 0.15) is 25.0 Å². The minimum absolute atomic E-state index is 0.157. The number of benzene rings is 1. The zero-order chi connectivity index (χ0) is 22.4. The molecule has 1 fully saturated rings. The molecule has 1 saturated heterocycles. The van der Waals surface area contributed by atoms with Crippen molar-refractivity contribution in [3.05, 3.63) is 53.7 Å². The topological polar surface area (TPSA) is 113 Å². The summed E-state index contributed by atoms with van der Waals surface area (Å²) in [6.45, 7) is 6.25. The van der Waals surface area contributed by atoms with Crippen molar-refractivity contribution in [1.82, 2.24) is 20.3 Å². The number of ether oxygens (including phenoxy) is 1. The number of rotatable bonds is 7. The zero-order valence-electron chi connectivity index (χ0n) is 18.0. The normalized spacial score (nSPS) is 19.1. The number of urea groups is 1. The second-order valence-corrected chi connectivity index (χ2v) is 9.46. The Morgan fingerprint density at radius 1 is 1.10 bits per heavy atom. The Balaban J connectivity index is 1.48. The second-order valence-electron chi connectivity index (χ2n) is 7.58. The molecule has 2 heterocycles. The predicted molar refractivity (Wildman–Crippen MR) is 118 cm³/mol. The van der Waals surface area contributed by atoms with Gasteiger partial charge in [0, 0.05) is 32.4 Å². The first-order chi connectivity index (χ1) is 14.8. The Hall–Kier alpha value is -2.69. The molecule has 2 amide bonds. The number of pyridine rings is 1. The molecule has 1 aliphatic rings. The molecule has 10 heteroatoms. The molecule has 2 unspecified atom stereocenters. The fourth-order valence-corrected chi connectivity index (χ4v) is 4.24. The van der Waals surface area contributed by atoms with E-state index < -0.39 is 10.0 Å². The quantitative estimate of drug-likeness (QED) is 0.594. The molecule has 0 radical (unpaired) electrons. The largest absolute Gasteiger partial charge is 0.372 e. The average Bonchev–Trinajstić information content (AvgIpc) is 2.76. The van der Waals surface area contributed by atoms with E-state index in [1.54, 1.807) is 18.3 Å². The summed E-state index contributed by atoms with van der Waals surface area (Å²) in [5, 5.41) is 5.51. The molecular weight excluding hydrogens is 418 g/mol. The third-order valence-corrected chi connectivity index (χ3v) is 6.35. The lowest BCUT2D eigenvalue weighted by molar-refractivity contribution is -0.00546. The Kier molecular flexibility index (Phi) is 7.47. The summed E-state index contributed by atoms with van der Waals surface area (Å²) in [7, 11) is -2.16. The van der Waals surface area contributed by atoms with Crippen LogP contribution in [0.2, 0.25) is 0 Å². The van der Waals surface area contributed by atoms with Gasteiger partial charge in [-0.3, -0.25) is 0 Å². The van der Waals surface area contributed by atoms with Gasteiger partial charge in [-0.05, 0) is 50.2 Å². The Labute approximate surface area is 183 Å². The van der Waals surface area contributed by atoms with Gasteiger partial charge < -0.3 is 20.3 Å². The van der Waals surface area contributed by atoms with E-state index in [2.05, 4.69) is 39.1 Å². The van der Waals surface area contributed by atoms with Crippen LogP contribution in [-0.2, 0) is 27.8 Å². The molecule has 1 aromatic carbocycles. The first-order valence-electron chi connectivity index (χ1n) is 10.2. The Morgan fingerprint density at radius 2 is 1.77 bits per heavy atom. The summed E-state index contributed by atoms with van der Waals surface area (Å²) >= 11 is 0. The van der Waals surface area contributed by atoms with Crippen LogP contribution in [0, 0.1) is 0 Å². The molecule has 1 aliphatic heterocycles. The zero-order valence-corrected chi connectivity index (χ0v) is 18.8. The average molecular weight is 448 g/mol. The van der Waals surface area contributed by atoms with E-state index in [1.165, 1.54) is 19.2 Å². The van der Waals surface area contributed by atoms with E-state index in [-0.39, 0.29) is 29.7 Å².